The number of benzene rings is 1. The van der Waals surface area contributed by atoms with Crippen LogP contribution in [0.15, 0.2) is 41.0 Å². The van der Waals surface area contributed by atoms with Gasteiger partial charge in [-0.25, -0.2) is 0 Å². The van der Waals surface area contributed by atoms with Crippen molar-refractivity contribution >= 4 is 23.6 Å². The van der Waals surface area contributed by atoms with Gasteiger partial charge in [-0.05, 0) is 25.5 Å². The number of hydrogen-bond acceptors (Lipinski definition) is 4. The van der Waals surface area contributed by atoms with E-state index in [1.54, 1.807) is 13.0 Å². The number of amides is 2. The first-order valence-corrected chi connectivity index (χ1v) is 7.98. The van der Waals surface area contributed by atoms with Gasteiger partial charge in [-0.15, -0.1) is 11.8 Å². The lowest BCUT2D eigenvalue weighted by Gasteiger charge is -2.07. The van der Waals surface area contributed by atoms with Gasteiger partial charge in [0.25, 0.3) is 5.91 Å². The lowest BCUT2D eigenvalue weighted by Crippen LogP contribution is -2.42. The van der Waals surface area contributed by atoms with Crippen LogP contribution in [0.1, 0.15) is 27.2 Å². The van der Waals surface area contributed by atoms with E-state index in [2.05, 4.69) is 10.9 Å². The molecule has 116 valence electrons. The normalized spacial score (nSPS) is 10.3. The summed E-state index contributed by atoms with van der Waals surface area (Å²) in [4.78, 5) is 23.4. The van der Waals surface area contributed by atoms with E-state index in [-0.39, 0.29) is 17.6 Å². The third kappa shape index (κ3) is 4.66. The van der Waals surface area contributed by atoms with Gasteiger partial charge in [0, 0.05) is 5.75 Å². The second-order valence-corrected chi connectivity index (χ2v) is 5.86. The van der Waals surface area contributed by atoms with Crippen LogP contribution in [0.5, 0.6) is 0 Å². The first-order chi connectivity index (χ1) is 10.6. The van der Waals surface area contributed by atoms with E-state index in [4.69, 9.17) is 4.42 Å². The Hall–Kier alpha value is -2.21. The van der Waals surface area contributed by atoms with Crippen molar-refractivity contribution in [3.63, 3.8) is 0 Å². The van der Waals surface area contributed by atoms with Crippen molar-refractivity contribution in [3.8, 4) is 0 Å². The first-order valence-electron chi connectivity index (χ1n) is 6.83. The zero-order chi connectivity index (χ0) is 15.9. The molecular weight excluding hydrogens is 300 g/mol. The molecule has 1 aromatic carbocycles. The number of rotatable bonds is 5. The zero-order valence-electron chi connectivity index (χ0n) is 12.5. The molecule has 0 bridgehead atoms. The molecule has 0 aliphatic carbocycles. The summed E-state index contributed by atoms with van der Waals surface area (Å²) >= 11 is 1.49. The van der Waals surface area contributed by atoms with E-state index < -0.39 is 0 Å². The smallest absolute Gasteiger partial charge is 0.273 e. The van der Waals surface area contributed by atoms with Crippen LogP contribution in [0, 0.1) is 13.8 Å². The molecule has 1 heterocycles. The monoisotopic (exact) mass is 318 g/mol. The Kier molecular flexibility index (Phi) is 5.66. The number of hydrazine groups is 1. The quantitative estimate of drug-likeness (QED) is 0.831. The molecule has 2 aromatic rings. The van der Waals surface area contributed by atoms with Gasteiger partial charge in [0.1, 0.15) is 5.76 Å². The van der Waals surface area contributed by atoms with Crippen LogP contribution in [-0.4, -0.2) is 17.6 Å². The lowest BCUT2D eigenvalue weighted by molar-refractivity contribution is -0.119. The second-order valence-electron chi connectivity index (χ2n) is 4.87. The van der Waals surface area contributed by atoms with Crippen molar-refractivity contribution in [2.75, 3.05) is 5.75 Å². The summed E-state index contributed by atoms with van der Waals surface area (Å²) in [6.07, 6.45) is 1.43. The molecule has 0 atom stereocenters. The summed E-state index contributed by atoms with van der Waals surface area (Å²) in [5, 5.41) is 0. The molecule has 0 aliphatic heterocycles. The zero-order valence-corrected chi connectivity index (χ0v) is 13.3. The molecule has 0 saturated heterocycles. The number of carbonyl (C=O) groups excluding carboxylic acids is 2. The van der Waals surface area contributed by atoms with Crippen molar-refractivity contribution in [1.29, 1.82) is 0 Å². The Balaban J connectivity index is 1.69. The maximum Gasteiger partial charge on any atom is 0.273 e. The van der Waals surface area contributed by atoms with Crippen LogP contribution < -0.4 is 10.9 Å². The fourth-order valence-electron chi connectivity index (χ4n) is 1.80. The Bertz CT molecular complexity index is 650. The van der Waals surface area contributed by atoms with E-state index in [1.807, 2.05) is 31.2 Å². The van der Waals surface area contributed by atoms with Gasteiger partial charge in [0.15, 0.2) is 0 Å². The number of nitrogens with one attached hydrogen (secondary N) is 2. The number of thioether (sulfide) groups is 1. The van der Waals surface area contributed by atoms with Crippen LogP contribution in [0.3, 0.4) is 0 Å². The van der Waals surface area contributed by atoms with Gasteiger partial charge in [0.05, 0.1) is 17.6 Å². The highest BCUT2D eigenvalue weighted by molar-refractivity contribution is 7.99. The van der Waals surface area contributed by atoms with Gasteiger partial charge in [-0.2, -0.15) is 0 Å². The highest BCUT2D eigenvalue weighted by Crippen LogP contribution is 2.12. The molecule has 0 spiro atoms. The average molecular weight is 318 g/mol. The van der Waals surface area contributed by atoms with E-state index in [0.717, 1.165) is 5.75 Å². The summed E-state index contributed by atoms with van der Waals surface area (Å²) < 4.78 is 5.04. The molecule has 0 saturated carbocycles. The maximum atomic E-state index is 11.8. The van der Waals surface area contributed by atoms with E-state index >= 15 is 0 Å². The van der Waals surface area contributed by atoms with Crippen molar-refractivity contribution < 1.29 is 14.0 Å². The van der Waals surface area contributed by atoms with Gasteiger partial charge in [-0.3, -0.25) is 20.4 Å². The highest BCUT2D eigenvalue weighted by atomic mass is 32.2. The average Bonchev–Trinajstić information content (AvgIpc) is 2.93. The molecule has 0 radical (unpaired) electrons. The maximum absolute atomic E-state index is 11.8. The molecule has 1 aromatic heterocycles. The van der Waals surface area contributed by atoms with Gasteiger partial charge in [0.2, 0.25) is 5.91 Å². The molecule has 0 fully saturated rings. The third-order valence-corrected chi connectivity index (χ3v) is 4.05. The number of carbonyl (C=O) groups is 2. The van der Waals surface area contributed by atoms with Crippen molar-refractivity contribution in [2.24, 2.45) is 0 Å². The Morgan fingerprint density at radius 2 is 1.82 bits per heavy atom. The minimum Gasteiger partial charge on any atom is -0.469 e. The molecule has 5 nitrogen and oxygen atoms in total. The van der Waals surface area contributed by atoms with E-state index in [9.17, 15) is 9.59 Å². The van der Waals surface area contributed by atoms with Crippen molar-refractivity contribution in [3.05, 3.63) is 59.0 Å². The second kappa shape index (κ2) is 7.70. The van der Waals surface area contributed by atoms with Crippen LogP contribution in [0.25, 0.3) is 0 Å². The van der Waals surface area contributed by atoms with E-state index in [1.165, 1.54) is 29.2 Å². The summed E-state index contributed by atoms with van der Waals surface area (Å²) in [6.45, 7) is 3.73. The standard InChI is InChI=1S/C16H18N2O3S/c1-11-3-5-13(6-4-11)9-22-10-15(19)17-18-16(20)14-7-8-21-12(14)2/h3-8H,9-10H2,1-2H3,(H,17,19)(H,18,20). The molecule has 0 unspecified atom stereocenters. The Morgan fingerprint density at radius 1 is 1.09 bits per heavy atom. The molecule has 2 rings (SSSR count). The Labute approximate surface area is 133 Å². The molecule has 6 heteroatoms. The number of furan rings is 1. The minimum absolute atomic E-state index is 0.244. The number of aryl methyl sites for hydroxylation is 2. The van der Waals surface area contributed by atoms with Crippen LogP contribution in [0.4, 0.5) is 0 Å². The first kappa shape index (κ1) is 16.2. The summed E-state index contributed by atoms with van der Waals surface area (Å²) in [5.74, 6) is 0.913. The highest BCUT2D eigenvalue weighted by Gasteiger charge is 2.12. The molecule has 2 N–H and O–H groups in total. The van der Waals surface area contributed by atoms with E-state index in [0.29, 0.717) is 11.3 Å². The summed E-state index contributed by atoms with van der Waals surface area (Å²) in [5.41, 5.74) is 7.55. The van der Waals surface area contributed by atoms with Gasteiger partial charge < -0.3 is 4.42 Å². The SMILES string of the molecule is Cc1ccc(CSCC(=O)NNC(=O)c2ccoc2C)cc1. The molecule has 22 heavy (non-hydrogen) atoms. The summed E-state index contributed by atoms with van der Waals surface area (Å²) in [7, 11) is 0. The van der Waals surface area contributed by atoms with Crippen LogP contribution in [0.2, 0.25) is 0 Å². The van der Waals surface area contributed by atoms with Gasteiger partial charge in [-0.1, -0.05) is 29.8 Å². The predicted molar refractivity (Wildman–Crippen MR) is 86.4 cm³/mol. The third-order valence-electron chi connectivity index (χ3n) is 3.04. The molecule has 2 amide bonds. The van der Waals surface area contributed by atoms with Crippen molar-refractivity contribution in [1.82, 2.24) is 10.9 Å². The fourth-order valence-corrected chi connectivity index (χ4v) is 2.58. The summed E-state index contributed by atoms with van der Waals surface area (Å²) in [6, 6.07) is 9.74. The topological polar surface area (TPSA) is 71.3 Å². The lowest BCUT2D eigenvalue weighted by atomic mass is 10.2. The Morgan fingerprint density at radius 3 is 2.45 bits per heavy atom. The minimum atomic E-state index is -0.386. The predicted octanol–water partition coefficient (Wildman–Crippen LogP) is 2.59. The van der Waals surface area contributed by atoms with Crippen molar-refractivity contribution in [2.45, 2.75) is 19.6 Å². The number of hydrogen-bond donors (Lipinski definition) is 2. The largest absolute Gasteiger partial charge is 0.469 e. The van der Waals surface area contributed by atoms with Crippen LogP contribution >= 0.6 is 11.8 Å². The van der Waals surface area contributed by atoms with Crippen LogP contribution in [-0.2, 0) is 10.5 Å². The molecular formula is C16H18N2O3S. The molecule has 0 aliphatic rings. The fraction of sp³-hybridized carbons (Fsp3) is 0.250. The van der Waals surface area contributed by atoms with Gasteiger partial charge >= 0.3 is 0 Å².